The van der Waals surface area contributed by atoms with Crippen LogP contribution in [0.3, 0.4) is 0 Å². The van der Waals surface area contributed by atoms with Gasteiger partial charge >= 0.3 is 0 Å². The zero-order valence-electron chi connectivity index (χ0n) is 12.8. The number of ketones is 1. The van der Waals surface area contributed by atoms with Crippen molar-refractivity contribution in [2.45, 2.75) is 5.92 Å². The molecule has 0 spiro atoms. The Kier molecular flexibility index (Phi) is 4.59. The van der Waals surface area contributed by atoms with E-state index in [4.69, 9.17) is 0 Å². The van der Waals surface area contributed by atoms with Crippen LogP contribution in [0.5, 0.6) is 0 Å². The lowest BCUT2D eigenvalue weighted by Gasteiger charge is -2.03. The molecule has 2 aromatic heterocycles. The second kappa shape index (κ2) is 7.16. The summed E-state index contributed by atoms with van der Waals surface area (Å²) in [5, 5.41) is 13.5. The summed E-state index contributed by atoms with van der Waals surface area (Å²) in [6.07, 6.45) is 8.11. The van der Waals surface area contributed by atoms with Crippen molar-refractivity contribution in [3.63, 3.8) is 0 Å². The van der Waals surface area contributed by atoms with Gasteiger partial charge in [0.2, 0.25) is 0 Å². The van der Waals surface area contributed by atoms with Crippen molar-refractivity contribution in [2.24, 2.45) is 0 Å². The third kappa shape index (κ3) is 3.45. The van der Waals surface area contributed by atoms with E-state index in [1.807, 2.05) is 42.6 Å². The summed E-state index contributed by atoms with van der Waals surface area (Å²) >= 11 is 0. The minimum atomic E-state index is -0.897. The number of nitrogens with zero attached hydrogens (tertiary/aromatic N) is 4. The van der Waals surface area contributed by atoms with Gasteiger partial charge in [-0.25, -0.2) is 4.68 Å². The summed E-state index contributed by atoms with van der Waals surface area (Å²) < 4.78 is 1.73. The van der Waals surface area contributed by atoms with Gasteiger partial charge in [0.25, 0.3) is 0 Å². The number of carbonyl (C=O) groups excluding carboxylic acids is 1. The fourth-order valence-electron chi connectivity index (χ4n) is 2.24. The number of nitriles is 1. The van der Waals surface area contributed by atoms with Crippen molar-refractivity contribution in [1.29, 1.82) is 5.26 Å². The molecule has 3 rings (SSSR count). The van der Waals surface area contributed by atoms with Crippen molar-refractivity contribution < 1.29 is 4.79 Å². The first-order chi connectivity index (χ1) is 11.8. The molecule has 0 aliphatic rings. The molecule has 24 heavy (non-hydrogen) atoms. The molecule has 116 valence electrons. The topological polar surface area (TPSA) is 71.6 Å². The SMILES string of the molecule is N#CC(C(=O)/C=C/c1cnn(-c2ccccc2)c1)c1ccccn1. The van der Waals surface area contributed by atoms with Crippen molar-refractivity contribution in [1.82, 2.24) is 14.8 Å². The molecule has 3 aromatic rings. The number of pyridine rings is 1. The summed E-state index contributed by atoms with van der Waals surface area (Å²) in [7, 11) is 0. The van der Waals surface area contributed by atoms with Crippen molar-refractivity contribution in [2.75, 3.05) is 0 Å². The molecule has 0 amide bonds. The molecule has 1 aromatic carbocycles. The average Bonchev–Trinajstić information content (AvgIpc) is 3.11. The number of rotatable bonds is 5. The molecule has 0 N–H and O–H groups in total. The van der Waals surface area contributed by atoms with Crippen LogP contribution in [0.15, 0.2) is 73.2 Å². The molecule has 2 heterocycles. The summed E-state index contributed by atoms with van der Waals surface area (Å²) in [5.41, 5.74) is 2.17. The van der Waals surface area contributed by atoms with Gasteiger partial charge in [-0.2, -0.15) is 10.4 Å². The maximum absolute atomic E-state index is 12.2. The Bertz CT molecular complexity index is 892. The number of benzene rings is 1. The lowest BCUT2D eigenvalue weighted by atomic mass is 10.0. The number of para-hydroxylation sites is 1. The minimum absolute atomic E-state index is 0.302. The summed E-state index contributed by atoms with van der Waals surface area (Å²) in [4.78, 5) is 16.3. The second-order valence-electron chi connectivity index (χ2n) is 5.11. The van der Waals surface area contributed by atoms with E-state index in [1.165, 1.54) is 6.08 Å². The van der Waals surface area contributed by atoms with Gasteiger partial charge in [-0.15, -0.1) is 0 Å². The zero-order chi connectivity index (χ0) is 16.8. The van der Waals surface area contributed by atoms with Gasteiger partial charge in [-0.1, -0.05) is 24.3 Å². The van der Waals surface area contributed by atoms with Gasteiger partial charge in [0, 0.05) is 18.0 Å². The van der Waals surface area contributed by atoms with E-state index < -0.39 is 5.92 Å². The maximum Gasteiger partial charge on any atom is 0.178 e. The number of aromatic nitrogens is 3. The lowest BCUT2D eigenvalue weighted by Crippen LogP contribution is -2.09. The molecule has 0 saturated carbocycles. The second-order valence-corrected chi connectivity index (χ2v) is 5.11. The summed E-state index contributed by atoms with van der Waals surface area (Å²) in [6.45, 7) is 0. The smallest absolute Gasteiger partial charge is 0.178 e. The molecule has 1 unspecified atom stereocenters. The maximum atomic E-state index is 12.2. The Balaban J connectivity index is 1.75. The molecular formula is C19H14N4O. The van der Waals surface area contributed by atoms with Gasteiger partial charge in [-0.3, -0.25) is 9.78 Å². The predicted molar refractivity (Wildman–Crippen MR) is 90.2 cm³/mol. The zero-order valence-corrected chi connectivity index (χ0v) is 12.8. The van der Waals surface area contributed by atoms with Crippen molar-refractivity contribution in [3.05, 3.63) is 84.5 Å². The molecule has 0 fully saturated rings. The highest BCUT2D eigenvalue weighted by atomic mass is 16.1. The predicted octanol–water partition coefficient (Wildman–Crippen LogP) is 3.16. The molecule has 1 atom stereocenters. The third-order valence-electron chi connectivity index (χ3n) is 3.46. The van der Waals surface area contributed by atoms with Gasteiger partial charge < -0.3 is 0 Å². The van der Waals surface area contributed by atoms with Crippen LogP contribution < -0.4 is 0 Å². The van der Waals surface area contributed by atoms with Gasteiger partial charge in [-0.05, 0) is 36.4 Å². The minimum Gasteiger partial charge on any atom is -0.293 e. The van der Waals surface area contributed by atoms with E-state index >= 15 is 0 Å². The highest BCUT2D eigenvalue weighted by molar-refractivity contribution is 6.00. The standard InChI is InChI=1S/C19H14N4O/c20-12-17(18-8-4-5-11-21-18)19(24)10-9-15-13-22-23(14-15)16-6-2-1-3-7-16/h1-11,13-14,17H/b10-9+. The fraction of sp³-hybridized carbons (Fsp3) is 0.0526. The molecule has 0 bridgehead atoms. The Morgan fingerprint density at radius 1 is 1.17 bits per heavy atom. The van der Waals surface area contributed by atoms with E-state index in [0.29, 0.717) is 5.69 Å². The van der Waals surface area contributed by atoms with E-state index in [9.17, 15) is 10.1 Å². The third-order valence-corrected chi connectivity index (χ3v) is 3.46. The Morgan fingerprint density at radius 3 is 2.67 bits per heavy atom. The van der Waals surface area contributed by atoms with Crippen molar-refractivity contribution in [3.8, 4) is 11.8 Å². The Hall–Kier alpha value is -3.52. The van der Waals surface area contributed by atoms with Gasteiger partial charge in [0.05, 0.1) is 23.6 Å². The van der Waals surface area contributed by atoms with E-state index in [0.717, 1.165) is 11.3 Å². The monoisotopic (exact) mass is 314 g/mol. The van der Waals surface area contributed by atoms with E-state index in [1.54, 1.807) is 41.4 Å². The Morgan fingerprint density at radius 2 is 1.96 bits per heavy atom. The highest BCUT2D eigenvalue weighted by Gasteiger charge is 2.18. The largest absolute Gasteiger partial charge is 0.293 e. The van der Waals surface area contributed by atoms with E-state index in [-0.39, 0.29) is 5.78 Å². The van der Waals surface area contributed by atoms with E-state index in [2.05, 4.69) is 10.1 Å². The normalized spacial score (nSPS) is 12.0. The summed E-state index contributed by atoms with van der Waals surface area (Å²) in [5.74, 6) is -1.20. The van der Waals surface area contributed by atoms with Crippen molar-refractivity contribution >= 4 is 11.9 Å². The van der Waals surface area contributed by atoms with Crippen LogP contribution in [-0.4, -0.2) is 20.5 Å². The van der Waals surface area contributed by atoms with Crippen LogP contribution in [0.25, 0.3) is 11.8 Å². The average molecular weight is 314 g/mol. The highest BCUT2D eigenvalue weighted by Crippen LogP contribution is 2.15. The Labute approximate surface area is 139 Å². The van der Waals surface area contributed by atoms with Crippen LogP contribution in [0.2, 0.25) is 0 Å². The van der Waals surface area contributed by atoms with Gasteiger partial charge in [0.1, 0.15) is 0 Å². The first-order valence-electron chi connectivity index (χ1n) is 7.40. The first kappa shape index (κ1) is 15.4. The number of hydrogen-bond donors (Lipinski definition) is 0. The quantitative estimate of drug-likeness (QED) is 0.678. The lowest BCUT2D eigenvalue weighted by molar-refractivity contribution is -0.114. The molecular weight excluding hydrogens is 300 g/mol. The molecule has 0 saturated heterocycles. The molecule has 0 aliphatic heterocycles. The van der Waals surface area contributed by atoms with Crippen LogP contribution in [0, 0.1) is 11.3 Å². The number of hydrogen-bond acceptors (Lipinski definition) is 4. The number of allylic oxidation sites excluding steroid dienone is 1. The van der Waals surface area contributed by atoms with Crippen LogP contribution in [-0.2, 0) is 4.79 Å². The molecule has 5 heteroatoms. The van der Waals surface area contributed by atoms with Gasteiger partial charge in [0.15, 0.2) is 11.7 Å². The molecule has 0 aliphatic carbocycles. The summed E-state index contributed by atoms with van der Waals surface area (Å²) in [6, 6.07) is 16.9. The van der Waals surface area contributed by atoms with Crippen LogP contribution >= 0.6 is 0 Å². The first-order valence-corrected chi connectivity index (χ1v) is 7.40. The van der Waals surface area contributed by atoms with Crippen LogP contribution in [0.4, 0.5) is 0 Å². The molecule has 5 nitrogen and oxygen atoms in total. The number of carbonyl (C=O) groups is 1. The van der Waals surface area contributed by atoms with Crippen LogP contribution in [0.1, 0.15) is 17.2 Å². The molecule has 0 radical (unpaired) electrons. The fourth-order valence-corrected chi connectivity index (χ4v) is 2.24.